The Balaban J connectivity index is 2.84. The summed E-state index contributed by atoms with van der Waals surface area (Å²) in [6.45, 7) is 7.35. The van der Waals surface area contributed by atoms with Crippen molar-refractivity contribution in [2.75, 3.05) is 0 Å². The zero-order valence-corrected chi connectivity index (χ0v) is 10.3. The first-order valence-corrected chi connectivity index (χ1v) is 5.57. The van der Waals surface area contributed by atoms with Crippen molar-refractivity contribution < 1.29 is 4.42 Å². The summed E-state index contributed by atoms with van der Waals surface area (Å²) >= 11 is 0. The highest BCUT2D eigenvalue weighted by atomic mass is 16.4. The van der Waals surface area contributed by atoms with E-state index in [9.17, 15) is 9.59 Å². The van der Waals surface area contributed by atoms with Crippen molar-refractivity contribution in [3.05, 3.63) is 26.7 Å². The number of aromatic nitrogens is 3. The Morgan fingerprint density at radius 3 is 2.41 bits per heavy atom. The molecule has 2 aromatic heterocycles. The number of fused-ring (bicyclic) bond motifs is 1. The molecule has 0 aromatic carbocycles. The van der Waals surface area contributed by atoms with Gasteiger partial charge in [0, 0.05) is 12.0 Å². The SMILES string of the molecule is CC(C)c1nc2[nH]c(=O)n(C(C)C)c(=O)c2o1. The monoisotopic (exact) mass is 237 g/mol. The summed E-state index contributed by atoms with van der Waals surface area (Å²) in [6, 6.07) is -0.219. The van der Waals surface area contributed by atoms with Crippen LogP contribution in [0.4, 0.5) is 0 Å². The molecule has 0 spiro atoms. The van der Waals surface area contributed by atoms with Gasteiger partial charge in [0.05, 0.1) is 0 Å². The standard InChI is InChI=1S/C11H15N3O3/c1-5(2)9-12-8-7(17-9)10(15)14(6(3)4)11(16)13-8/h5-6H,1-4H3,(H,13,16). The van der Waals surface area contributed by atoms with Gasteiger partial charge in [-0.25, -0.2) is 4.79 Å². The summed E-state index contributed by atoms with van der Waals surface area (Å²) in [5.41, 5.74) is -0.554. The van der Waals surface area contributed by atoms with Crippen LogP contribution in [0, 0.1) is 0 Å². The molecule has 0 amide bonds. The van der Waals surface area contributed by atoms with E-state index in [0.717, 1.165) is 4.57 Å². The van der Waals surface area contributed by atoms with Crippen LogP contribution < -0.4 is 11.2 Å². The van der Waals surface area contributed by atoms with E-state index in [1.807, 2.05) is 13.8 Å². The molecule has 0 unspecified atom stereocenters. The summed E-state index contributed by atoms with van der Waals surface area (Å²) in [6.07, 6.45) is 0. The number of nitrogens with one attached hydrogen (secondary N) is 1. The number of H-pyrrole nitrogens is 1. The van der Waals surface area contributed by atoms with Gasteiger partial charge in [-0.15, -0.1) is 0 Å². The predicted octanol–water partition coefficient (Wildman–Crippen LogP) is 1.38. The molecule has 0 radical (unpaired) electrons. The lowest BCUT2D eigenvalue weighted by molar-refractivity contribution is 0.487. The van der Waals surface area contributed by atoms with Crippen LogP contribution in [0.1, 0.15) is 45.5 Å². The van der Waals surface area contributed by atoms with E-state index in [2.05, 4.69) is 9.97 Å². The molecule has 0 aliphatic heterocycles. The Hall–Kier alpha value is -1.85. The van der Waals surface area contributed by atoms with Gasteiger partial charge in [0.1, 0.15) is 0 Å². The van der Waals surface area contributed by atoms with Crippen LogP contribution in [0.15, 0.2) is 14.0 Å². The molecule has 0 aliphatic carbocycles. The van der Waals surface area contributed by atoms with Crippen molar-refractivity contribution in [2.24, 2.45) is 0 Å². The van der Waals surface area contributed by atoms with Crippen LogP contribution in [0.3, 0.4) is 0 Å². The molecule has 0 atom stereocenters. The average molecular weight is 237 g/mol. The van der Waals surface area contributed by atoms with Crippen molar-refractivity contribution in [1.82, 2.24) is 14.5 Å². The molecular weight excluding hydrogens is 222 g/mol. The predicted molar refractivity (Wildman–Crippen MR) is 63.4 cm³/mol. The van der Waals surface area contributed by atoms with E-state index < -0.39 is 11.2 Å². The minimum absolute atomic E-state index is 0.0674. The Morgan fingerprint density at radius 2 is 1.88 bits per heavy atom. The van der Waals surface area contributed by atoms with Gasteiger partial charge < -0.3 is 4.42 Å². The summed E-state index contributed by atoms with van der Waals surface area (Å²) < 4.78 is 6.51. The lowest BCUT2D eigenvalue weighted by atomic mass is 10.2. The van der Waals surface area contributed by atoms with Crippen LogP contribution in [0.25, 0.3) is 11.2 Å². The minimum Gasteiger partial charge on any atom is -0.433 e. The van der Waals surface area contributed by atoms with Crippen LogP contribution in [0.2, 0.25) is 0 Å². The number of hydrogen-bond acceptors (Lipinski definition) is 4. The quantitative estimate of drug-likeness (QED) is 0.855. The fourth-order valence-corrected chi connectivity index (χ4v) is 1.65. The third-order valence-electron chi connectivity index (χ3n) is 2.51. The second-order valence-electron chi connectivity index (χ2n) is 4.58. The van der Waals surface area contributed by atoms with E-state index in [1.165, 1.54) is 0 Å². The smallest absolute Gasteiger partial charge is 0.330 e. The fraction of sp³-hybridized carbons (Fsp3) is 0.545. The molecule has 0 fully saturated rings. The van der Waals surface area contributed by atoms with Crippen LogP contribution in [0.5, 0.6) is 0 Å². The lowest BCUT2D eigenvalue weighted by Crippen LogP contribution is -2.36. The molecule has 0 bridgehead atoms. The molecule has 0 saturated heterocycles. The third kappa shape index (κ3) is 1.79. The van der Waals surface area contributed by atoms with Crippen LogP contribution in [-0.4, -0.2) is 14.5 Å². The van der Waals surface area contributed by atoms with E-state index in [1.54, 1.807) is 13.8 Å². The fourth-order valence-electron chi connectivity index (χ4n) is 1.65. The van der Waals surface area contributed by atoms with Gasteiger partial charge in [0.25, 0.3) is 0 Å². The molecule has 2 rings (SSSR count). The van der Waals surface area contributed by atoms with Crippen LogP contribution in [-0.2, 0) is 0 Å². The number of oxazole rings is 1. The Bertz CT molecular complexity index is 661. The van der Waals surface area contributed by atoms with Crippen molar-refractivity contribution in [2.45, 2.75) is 39.7 Å². The lowest BCUT2D eigenvalue weighted by Gasteiger charge is -2.06. The maximum Gasteiger partial charge on any atom is 0.330 e. The summed E-state index contributed by atoms with van der Waals surface area (Å²) in [4.78, 5) is 30.4. The second kappa shape index (κ2) is 3.87. The minimum atomic E-state index is -0.457. The van der Waals surface area contributed by atoms with Gasteiger partial charge in [-0.05, 0) is 13.8 Å². The molecule has 92 valence electrons. The summed E-state index contributed by atoms with van der Waals surface area (Å²) in [7, 11) is 0. The molecule has 0 aliphatic rings. The van der Waals surface area contributed by atoms with Crippen LogP contribution >= 0.6 is 0 Å². The van der Waals surface area contributed by atoms with E-state index in [-0.39, 0.29) is 23.2 Å². The topological polar surface area (TPSA) is 80.9 Å². The van der Waals surface area contributed by atoms with Crippen molar-refractivity contribution >= 4 is 11.2 Å². The highest BCUT2D eigenvalue weighted by Gasteiger charge is 2.17. The Labute approximate surface area is 97.3 Å². The third-order valence-corrected chi connectivity index (χ3v) is 2.51. The molecule has 2 heterocycles. The highest BCUT2D eigenvalue weighted by molar-refractivity contribution is 5.65. The van der Waals surface area contributed by atoms with Crippen molar-refractivity contribution in [3.63, 3.8) is 0 Å². The Morgan fingerprint density at radius 1 is 1.24 bits per heavy atom. The first kappa shape index (κ1) is 11.6. The molecule has 17 heavy (non-hydrogen) atoms. The first-order valence-electron chi connectivity index (χ1n) is 5.57. The zero-order valence-electron chi connectivity index (χ0n) is 10.3. The molecular formula is C11H15N3O3. The van der Waals surface area contributed by atoms with E-state index in [0.29, 0.717) is 5.89 Å². The Kier molecular flexibility index (Phi) is 2.65. The van der Waals surface area contributed by atoms with Gasteiger partial charge in [-0.1, -0.05) is 13.8 Å². The maximum absolute atomic E-state index is 12.0. The van der Waals surface area contributed by atoms with Gasteiger partial charge in [0.2, 0.25) is 5.58 Å². The van der Waals surface area contributed by atoms with Crippen molar-refractivity contribution in [1.29, 1.82) is 0 Å². The summed E-state index contributed by atoms with van der Waals surface area (Å²) in [5.74, 6) is 0.520. The number of nitrogens with zero attached hydrogens (tertiary/aromatic N) is 2. The first-order chi connectivity index (χ1) is 7.91. The van der Waals surface area contributed by atoms with E-state index >= 15 is 0 Å². The maximum atomic E-state index is 12.0. The van der Waals surface area contributed by atoms with Gasteiger partial charge in [-0.2, -0.15) is 4.98 Å². The highest BCUT2D eigenvalue weighted by Crippen LogP contribution is 2.16. The molecule has 6 heteroatoms. The van der Waals surface area contributed by atoms with Gasteiger partial charge >= 0.3 is 11.2 Å². The summed E-state index contributed by atoms with van der Waals surface area (Å²) in [5, 5.41) is 0. The number of aromatic amines is 1. The molecule has 1 N–H and O–H groups in total. The molecule has 6 nitrogen and oxygen atoms in total. The van der Waals surface area contributed by atoms with Gasteiger partial charge in [-0.3, -0.25) is 14.3 Å². The van der Waals surface area contributed by atoms with Gasteiger partial charge in [0.15, 0.2) is 11.5 Å². The van der Waals surface area contributed by atoms with Crippen molar-refractivity contribution in [3.8, 4) is 0 Å². The normalized spacial score (nSPS) is 11.9. The number of rotatable bonds is 2. The largest absolute Gasteiger partial charge is 0.433 e. The molecule has 0 saturated carbocycles. The average Bonchev–Trinajstić information content (AvgIpc) is 2.60. The number of hydrogen-bond donors (Lipinski definition) is 1. The molecule has 2 aromatic rings. The zero-order chi connectivity index (χ0) is 12.7. The van der Waals surface area contributed by atoms with E-state index in [4.69, 9.17) is 4.42 Å². The second-order valence-corrected chi connectivity index (χ2v) is 4.58.